The number of hydrogen-bond donors (Lipinski definition) is 2. The molecule has 7 heteroatoms. The maximum atomic E-state index is 11.6. The second-order valence-corrected chi connectivity index (χ2v) is 4.96. The Morgan fingerprint density at radius 3 is 2.57 bits per heavy atom. The van der Waals surface area contributed by atoms with Crippen LogP contribution in [-0.4, -0.2) is 47.5 Å². The van der Waals surface area contributed by atoms with Gasteiger partial charge in [0.05, 0.1) is 0 Å². The number of rotatable bonds is 3. The van der Waals surface area contributed by atoms with E-state index in [1.54, 1.807) is 24.5 Å². The van der Waals surface area contributed by atoms with Crippen molar-refractivity contribution in [2.24, 2.45) is 5.10 Å². The van der Waals surface area contributed by atoms with Crippen molar-refractivity contribution in [2.45, 2.75) is 19.4 Å². The number of pyridine rings is 1. The van der Waals surface area contributed by atoms with Crippen molar-refractivity contribution in [1.29, 1.82) is 0 Å². The largest absolute Gasteiger partial charge is 0.344 e. The van der Waals surface area contributed by atoms with E-state index in [1.165, 1.54) is 0 Å². The number of carbonyl (C=O) groups excluding carboxylic acids is 2. The van der Waals surface area contributed by atoms with E-state index >= 15 is 0 Å². The van der Waals surface area contributed by atoms with E-state index in [0.29, 0.717) is 0 Å². The normalized spacial score (nSPS) is 15.4. The summed E-state index contributed by atoms with van der Waals surface area (Å²) in [6, 6.07) is 3.55. The van der Waals surface area contributed by atoms with E-state index in [9.17, 15) is 9.59 Å². The van der Waals surface area contributed by atoms with Gasteiger partial charge in [-0.2, -0.15) is 5.10 Å². The van der Waals surface area contributed by atoms with Crippen LogP contribution in [0.25, 0.3) is 0 Å². The van der Waals surface area contributed by atoms with Gasteiger partial charge >= 0.3 is 11.8 Å². The lowest BCUT2D eigenvalue weighted by atomic mass is 10.1. The number of hydrazone groups is 1. The van der Waals surface area contributed by atoms with Crippen LogP contribution >= 0.6 is 0 Å². The van der Waals surface area contributed by atoms with Gasteiger partial charge in [-0.1, -0.05) is 0 Å². The van der Waals surface area contributed by atoms with E-state index in [1.807, 2.05) is 7.05 Å². The number of hydrogen-bond acceptors (Lipinski definition) is 5. The first-order chi connectivity index (χ1) is 10.1. The van der Waals surface area contributed by atoms with Crippen molar-refractivity contribution < 1.29 is 9.59 Å². The maximum absolute atomic E-state index is 11.6. The van der Waals surface area contributed by atoms with Gasteiger partial charge in [0.1, 0.15) is 0 Å². The summed E-state index contributed by atoms with van der Waals surface area (Å²) < 4.78 is 0. The smallest absolute Gasteiger partial charge is 0.329 e. The fourth-order valence-electron chi connectivity index (χ4n) is 1.93. The molecule has 2 heterocycles. The Morgan fingerprint density at radius 2 is 1.90 bits per heavy atom. The molecule has 1 aromatic heterocycles. The third kappa shape index (κ3) is 4.96. The van der Waals surface area contributed by atoms with Crippen molar-refractivity contribution >= 4 is 17.5 Å². The van der Waals surface area contributed by atoms with Crippen LogP contribution in [0.4, 0.5) is 0 Å². The third-order valence-electron chi connectivity index (χ3n) is 3.29. The highest BCUT2D eigenvalue weighted by atomic mass is 16.2. The zero-order valence-electron chi connectivity index (χ0n) is 12.0. The first-order valence-electron chi connectivity index (χ1n) is 6.86. The van der Waals surface area contributed by atoms with Crippen LogP contribution in [0, 0.1) is 0 Å². The molecule has 1 fully saturated rings. The third-order valence-corrected chi connectivity index (χ3v) is 3.29. The minimum Gasteiger partial charge on any atom is -0.344 e. The average molecular weight is 289 g/mol. The Labute approximate surface area is 123 Å². The lowest BCUT2D eigenvalue weighted by Gasteiger charge is -2.22. The number of carbonyl (C=O) groups is 2. The first-order valence-corrected chi connectivity index (χ1v) is 6.86. The number of amides is 2. The van der Waals surface area contributed by atoms with Crippen LogP contribution in [0.2, 0.25) is 0 Å². The van der Waals surface area contributed by atoms with Crippen LogP contribution in [0.5, 0.6) is 0 Å². The molecule has 0 radical (unpaired) electrons. The van der Waals surface area contributed by atoms with E-state index in [2.05, 4.69) is 25.7 Å². The predicted octanol–water partition coefficient (Wildman–Crippen LogP) is -0.104. The Bertz CT molecular complexity index is 519. The van der Waals surface area contributed by atoms with Crippen molar-refractivity contribution in [1.82, 2.24) is 20.6 Å². The Morgan fingerprint density at radius 1 is 1.24 bits per heavy atom. The molecular weight excluding hydrogens is 270 g/mol. The van der Waals surface area contributed by atoms with Crippen LogP contribution < -0.4 is 10.7 Å². The molecule has 1 aromatic rings. The SMILES string of the molecule is CN1CCC(=NNC(=O)C(=O)NCc2ccncc2)CC1. The molecule has 112 valence electrons. The number of piperidine rings is 1. The standard InChI is InChI=1S/C14H19N5O2/c1-19-8-4-12(5-9-19)17-18-14(21)13(20)16-10-11-2-6-15-7-3-11/h2-3,6-7H,4-5,8-10H2,1H3,(H,16,20)(H,18,21). The molecule has 2 N–H and O–H groups in total. The zero-order chi connectivity index (χ0) is 15.1. The summed E-state index contributed by atoms with van der Waals surface area (Å²) in [5.41, 5.74) is 4.11. The molecule has 1 aliphatic rings. The van der Waals surface area contributed by atoms with Crippen molar-refractivity contribution in [3.63, 3.8) is 0 Å². The molecule has 0 spiro atoms. The summed E-state index contributed by atoms with van der Waals surface area (Å²) in [5, 5.41) is 6.55. The molecule has 2 amide bonds. The van der Waals surface area contributed by atoms with Crippen LogP contribution in [0.1, 0.15) is 18.4 Å². The maximum Gasteiger partial charge on any atom is 0.329 e. The minimum atomic E-state index is -0.740. The summed E-state index contributed by atoms with van der Waals surface area (Å²) >= 11 is 0. The van der Waals surface area contributed by atoms with E-state index in [4.69, 9.17) is 0 Å². The second-order valence-electron chi connectivity index (χ2n) is 4.96. The monoisotopic (exact) mass is 289 g/mol. The molecule has 1 saturated heterocycles. The van der Waals surface area contributed by atoms with Gasteiger partial charge in [0.25, 0.3) is 0 Å². The number of aromatic nitrogens is 1. The molecule has 7 nitrogen and oxygen atoms in total. The summed E-state index contributed by atoms with van der Waals surface area (Å²) in [6.07, 6.45) is 4.89. The summed E-state index contributed by atoms with van der Waals surface area (Å²) in [7, 11) is 2.04. The lowest BCUT2D eigenvalue weighted by Crippen LogP contribution is -2.38. The Balaban J connectivity index is 1.75. The van der Waals surface area contributed by atoms with Gasteiger partial charge in [0.15, 0.2) is 0 Å². The average Bonchev–Trinajstić information content (AvgIpc) is 2.52. The van der Waals surface area contributed by atoms with E-state index < -0.39 is 11.8 Å². The van der Waals surface area contributed by atoms with Crippen molar-refractivity contribution in [3.8, 4) is 0 Å². The number of nitrogens with zero attached hydrogens (tertiary/aromatic N) is 3. The van der Waals surface area contributed by atoms with Crippen molar-refractivity contribution in [2.75, 3.05) is 20.1 Å². The van der Waals surface area contributed by atoms with Gasteiger partial charge in [-0.05, 0) is 24.7 Å². The second kappa shape index (κ2) is 7.49. The van der Waals surface area contributed by atoms with E-state index in [0.717, 1.165) is 37.2 Å². The lowest BCUT2D eigenvalue weighted by molar-refractivity contribution is -0.139. The van der Waals surface area contributed by atoms with Gasteiger partial charge in [0.2, 0.25) is 0 Å². The van der Waals surface area contributed by atoms with Gasteiger partial charge < -0.3 is 10.2 Å². The zero-order valence-corrected chi connectivity index (χ0v) is 12.0. The van der Waals surface area contributed by atoms with E-state index in [-0.39, 0.29) is 6.54 Å². The molecular formula is C14H19N5O2. The first kappa shape index (κ1) is 15.1. The fourth-order valence-corrected chi connectivity index (χ4v) is 1.93. The van der Waals surface area contributed by atoms with Gasteiger partial charge in [-0.15, -0.1) is 0 Å². The molecule has 21 heavy (non-hydrogen) atoms. The highest BCUT2D eigenvalue weighted by Gasteiger charge is 2.14. The van der Waals surface area contributed by atoms with Gasteiger partial charge in [0, 0.05) is 50.6 Å². The van der Waals surface area contributed by atoms with Crippen LogP contribution in [0.3, 0.4) is 0 Å². The Hall–Kier alpha value is -2.28. The molecule has 0 bridgehead atoms. The predicted molar refractivity (Wildman–Crippen MR) is 78.4 cm³/mol. The Kier molecular flexibility index (Phi) is 5.39. The van der Waals surface area contributed by atoms with Crippen molar-refractivity contribution in [3.05, 3.63) is 30.1 Å². The topological polar surface area (TPSA) is 86.7 Å². The molecule has 1 aliphatic heterocycles. The minimum absolute atomic E-state index is 0.288. The fraction of sp³-hybridized carbons (Fsp3) is 0.429. The molecule has 0 atom stereocenters. The molecule has 0 saturated carbocycles. The highest BCUT2D eigenvalue weighted by Crippen LogP contribution is 2.03. The van der Waals surface area contributed by atoms with Crippen LogP contribution in [-0.2, 0) is 16.1 Å². The van der Waals surface area contributed by atoms with Crippen LogP contribution in [0.15, 0.2) is 29.6 Å². The molecule has 0 aliphatic carbocycles. The number of nitrogens with one attached hydrogen (secondary N) is 2. The molecule has 0 aromatic carbocycles. The van der Waals surface area contributed by atoms with Gasteiger partial charge in [-0.25, -0.2) is 5.43 Å². The summed E-state index contributed by atoms with van der Waals surface area (Å²) in [5.74, 6) is -1.43. The summed E-state index contributed by atoms with van der Waals surface area (Å²) in [4.78, 5) is 29.3. The van der Waals surface area contributed by atoms with Gasteiger partial charge in [-0.3, -0.25) is 14.6 Å². The quantitative estimate of drug-likeness (QED) is 0.601. The molecule has 0 unspecified atom stereocenters. The molecule has 2 rings (SSSR count). The number of likely N-dealkylation sites (tertiary alicyclic amines) is 1. The summed E-state index contributed by atoms with van der Waals surface area (Å²) in [6.45, 7) is 2.13. The highest BCUT2D eigenvalue weighted by molar-refractivity contribution is 6.35.